The Balaban J connectivity index is 1.61. The number of thioether (sulfide) groups is 1. The molecule has 0 saturated carbocycles. The number of hydrogen-bond donors (Lipinski definition) is 1. The van der Waals surface area contributed by atoms with Crippen LogP contribution in [0.1, 0.15) is 5.56 Å². The first-order valence-corrected chi connectivity index (χ1v) is 9.94. The smallest absolute Gasteiger partial charge is 0.234 e. The van der Waals surface area contributed by atoms with E-state index in [-0.39, 0.29) is 5.91 Å². The number of carbonyl (C=O) groups is 1. The van der Waals surface area contributed by atoms with Gasteiger partial charge in [0.15, 0.2) is 0 Å². The zero-order chi connectivity index (χ0) is 17.5. The van der Waals surface area contributed by atoms with Crippen LogP contribution in [0.3, 0.4) is 0 Å². The molecule has 2 nitrogen and oxygen atoms in total. The van der Waals surface area contributed by atoms with E-state index >= 15 is 0 Å². The van der Waals surface area contributed by atoms with E-state index in [1.54, 1.807) is 11.8 Å². The van der Waals surface area contributed by atoms with Gasteiger partial charge in [-0.25, -0.2) is 0 Å². The molecule has 0 fully saturated rings. The van der Waals surface area contributed by atoms with E-state index in [0.29, 0.717) is 5.75 Å². The maximum absolute atomic E-state index is 12.3. The van der Waals surface area contributed by atoms with Crippen molar-refractivity contribution in [2.75, 3.05) is 11.1 Å². The van der Waals surface area contributed by atoms with E-state index in [1.165, 1.54) is 5.56 Å². The summed E-state index contributed by atoms with van der Waals surface area (Å²) in [5.41, 5.74) is 4.18. The summed E-state index contributed by atoms with van der Waals surface area (Å²) in [5, 5.41) is 3.04. The molecule has 0 saturated heterocycles. The number of halogens is 1. The molecule has 0 aliphatic heterocycles. The van der Waals surface area contributed by atoms with Crippen LogP contribution >= 0.6 is 27.7 Å². The monoisotopic (exact) mass is 411 g/mol. The lowest BCUT2D eigenvalue weighted by atomic mass is 10.0. The van der Waals surface area contributed by atoms with Gasteiger partial charge in [0.25, 0.3) is 0 Å². The summed E-state index contributed by atoms with van der Waals surface area (Å²) < 4.78 is 1.08. The number of para-hydroxylation sites is 1. The van der Waals surface area contributed by atoms with Gasteiger partial charge in [-0.2, -0.15) is 0 Å². The van der Waals surface area contributed by atoms with Crippen molar-refractivity contribution in [3.8, 4) is 11.1 Å². The minimum atomic E-state index is 0.0143. The van der Waals surface area contributed by atoms with E-state index < -0.39 is 0 Å². The van der Waals surface area contributed by atoms with E-state index in [2.05, 4.69) is 27.3 Å². The Kier molecular flexibility index (Phi) is 6.31. The molecule has 0 heterocycles. The zero-order valence-electron chi connectivity index (χ0n) is 13.6. The first-order valence-electron chi connectivity index (χ1n) is 7.99. The molecule has 4 heteroatoms. The van der Waals surface area contributed by atoms with Crippen LogP contribution in [0.4, 0.5) is 5.69 Å². The molecule has 3 rings (SSSR count). The third-order valence-corrected chi connectivity index (χ3v) is 5.49. The highest BCUT2D eigenvalue weighted by molar-refractivity contribution is 9.10. The molecular formula is C21H18BrNOS. The Morgan fingerprint density at radius 3 is 2.36 bits per heavy atom. The quantitative estimate of drug-likeness (QED) is 0.539. The third kappa shape index (κ3) is 4.97. The van der Waals surface area contributed by atoms with E-state index in [9.17, 15) is 4.79 Å². The fourth-order valence-electron chi connectivity index (χ4n) is 2.52. The maximum atomic E-state index is 12.3. The Morgan fingerprint density at radius 2 is 1.56 bits per heavy atom. The van der Waals surface area contributed by atoms with Gasteiger partial charge in [0.2, 0.25) is 5.91 Å². The van der Waals surface area contributed by atoms with Crippen molar-refractivity contribution in [3.63, 3.8) is 0 Å². The summed E-state index contributed by atoms with van der Waals surface area (Å²) in [6.45, 7) is 0. The van der Waals surface area contributed by atoms with Crippen molar-refractivity contribution in [3.05, 3.63) is 88.9 Å². The number of rotatable bonds is 6. The topological polar surface area (TPSA) is 29.1 Å². The first kappa shape index (κ1) is 17.8. The third-order valence-electron chi connectivity index (χ3n) is 3.73. The maximum Gasteiger partial charge on any atom is 0.234 e. The molecule has 0 atom stereocenters. The molecule has 3 aromatic carbocycles. The highest BCUT2D eigenvalue weighted by Crippen LogP contribution is 2.28. The molecule has 0 aromatic heterocycles. The molecule has 0 unspecified atom stereocenters. The van der Waals surface area contributed by atoms with E-state index in [4.69, 9.17) is 0 Å². The van der Waals surface area contributed by atoms with Gasteiger partial charge < -0.3 is 5.32 Å². The van der Waals surface area contributed by atoms with Crippen LogP contribution in [-0.4, -0.2) is 11.7 Å². The van der Waals surface area contributed by atoms with Gasteiger partial charge >= 0.3 is 0 Å². The first-order chi connectivity index (χ1) is 12.2. The van der Waals surface area contributed by atoms with Gasteiger partial charge in [-0.05, 0) is 23.3 Å². The number of carbonyl (C=O) groups excluding carboxylic acids is 1. The lowest BCUT2D eigenvalue weighted by Gasteiger charge is -2.11. The Morgan fingerprint density at radius 1 is 0.880 bits per heavy atom. The number of amides is 1. The van der Waals surface area contributed by atoms with Gasteiger partial charge in [-0.3, -0.25) is 4.79 Å². The summed E-state index contributed by atoms with van der Waals surface area (Å²) in [5.74, 6) is 1.24. The fourth-order valence-corrected chi connectivity index (χ4v) is 3.96. The van der Waals surface area contributed by atoms with Gasteiger partial charge in [-0.1, -0.05) is 82.7 Å². The predicted octanol–water partition coefficient (Wildman–Crippen LogP) is 5.99. The number of anilines is 1. The normalized spacial score (nSPS) is 10.4. The van der Waals surface area contributed by atoms with Crippen LogP contribution in [0.5, 0.6) is 0 Å². The second kappa shape index (κ2) is 8.88. The lowest BCUT2D eigenvalue weighted by molar-refractivity contribution is -0.113. The average Bonchev–Trinajstić information content (AvgIpc) is 2.64. The van der Waals surface area contributed by atoms with Gasteiger partial charge in [0.1, 0.15) is 0 Å². The van der Waals surface area contributed by atoms with Crippen molar-refractivity contribution in [1.29, 1.82) is 0 Å². The summed E-state index contributed by atoms with van der Waals surface area (Å²) in [6, 6.07) is 26.1. The second-order valence-electron chi connectivity index (χ2n) is 5.54. The molecule has 126 valence electrons. The molecule has 0 spiro atoms. The average molecular weight is 412 g/mol. The zero-order valence-corrected chi connectivity index (χ0v) is 16.0. The molecule has 1 N–H and O–H groups in total. The molecule has 0 bridgehead atoms. The number of hydrogen-bond acceptors (Lipinski definition) is 2. The van der Waals surface area contributed by atoms with Crippen LogP contribution in [0.2, 0.25) is 0 Å². The Bertz CT molecular complexity index is 851. The molecule has 1 amide bonds. The van der Waals surface area contributed by atoms with E-state index in [0.717, 1.165) is 27.0 Å². The predicted molar refractivity (Wildman–Crippen MR) is 111 cm³/mol. The van der Waals surface area contributed by atoms with Crippen LogP contribution in [0.25, 0.3) is 11.1 Å². The van der Waals surface area contributed by atoms with Crippen LogP contribution < -0.4 is 5.32 Å². The summed E-state index contributed by atoms with van der Waals surface area (Å²) in [6.07, 6.45) is 0. The standard InChI is InChI=1S/C21H18BrNOS/c22-19-12-6-4-10-17(19)14-25-15-21(24)23-20-13-7-5-11-18(20)16-8-2-1-3-9-16/h1-13H,14-15H2,(H,23,24). The lowest BCUT2D eigenvalue weighted by Crippen LogP contribution is -2.14. The summed E-state index contributed by atoms with van der Waals surface area (Å²) in [7, 11) is 0. The summed E-state index contributed by atoms with van der Waals surface area (Å²) >= 11 is 5.15. The van der Waals surface area contributed by atoms with Crippen LogP contribution in [-0.2, 0) is 10.5 Å². The molecule has 0 aliphatic carbocycles. The minimum Gasteiger partial charge on any atom is -0.325 e. The van der Waals surface area contributed by atoms with Crippen LogP contribution in [0.15, 0.2) is 83.3 Å². The number of benzene rings is 3. The van der Waals surface area contributed by atoms with Crippen molar-refractivity contribution < 1.29 is 4.79 Å². The van der Waals surface area contributed by atoms with Gasteiger partial charge in [0.05, 0.1) is 5.75 Å². The fraction of sp³-hybridized carbons (Fsp3) is 0.0952. The van der Waals surface area contributed by atoms with Crippen molar-refractivity contribution in [1.82, 2.24) is 0 Å². The van der Waals surface area contributed by atoms with Gasteiger partial charge in [0, 0.05) is 21.5 Å². The molecule has 3 aromatic rings. The molecule has 0 aliphatic rings. The van der Waals surface area contributed by atoms with Gasteiger partial charge in [-0.15, -0.1) is 11.8 Å². The van der Waals surface area contributed by atoms with E-state index in [1.807, 2.05) is 72.8 Å². The molecule has 25 heavy (non-hydrogen) atoms. The Labute approximate surface area is 160 Å². The SMILES string of the molecule is O=C(CSCc1ccccc1Br)Nc1ccccc1-c1ccccc1. The largest absolute Gasteiger partial charge is 0.325 e. The van der Waals surface area contributed by atoms with Crippen molar-refractivity contribution in [2.45, 2.75) is 5.75 Å². The minimum absolute atomic E-state index is 0.0143. The highest BCUT2D eigenvalue weighted by Gasteiger charge is 2.08. The van der Waals surface area contributed by atoms with Crippen molar-refractivity contribution in [2.24, 2.45) is 0 Å². The Hall–Kier alpha value is -2.04. The highest BCUT2D eigenvalue weighted by atomic mass is 79.9. The van der Waals surface area contributed by atoms with Crippen LogP contribution in [0, 0.1) is 0 Å². The van der Waals surface area contributed by atoms with Crippen molar-refractivity contribution >= 4 is 39.3 Å². The molecule has 0 radical (unpaired) electrons. The summed E-state index contributed by atoms with van der Waals surface area (Å²) in [4.78, 5) is 12.3. The second-order valence-corrected chi connectivity index (χ2v) is 7.38. The molecular weight excluding hydrogens is 394 g/mol. The number of nitrogens with one attached hydrogen (secondary N) is 1.